The van der Waals surface area contributed by atoms with E-state index in [1.807, 2.05) is 25.1 Å². The van der Waals surface area contributed by atoms with Gasteiger partial charge in [0.25, 0.3) is 5.91 Å². The van der Waals surface area contributed by atoms with E-state index in [2.05, 4.69) is 37.1 Å². The Kier molecular flexibility index (Phi) is 4.20. The number of anilines is 1. The largest absolute Gasteiger partial charge is 0.320 e. The Hall–Kier alpha value is -2.45. The monoisotopic (exact) mass is 377 g/mol. The summed E-state index contributed by atoms with van der Waals surface area (Å²) in [5.74, 6) is 0.410. The Morgan fingerprint density at radius 1 is 1.33 bits per heavy atom. The molecule has 2 heterocycles. The molecule has 0 radical (unpaired) electrons. The maximum absolute atomic E-state index is 12.5. The number of nitrogens with one attached hydrogen (secondary N) is 1. The van der Waals surface area contributed by atoms with Crippen molar-refractivity contribution in [3.8, 4) is 6.07 Å². The van der Waals surface area contributed by atoms with Gasteiger partial charge in [0.2, 0.25) is 0 Å². The zero-order valence-corrected chi connectivity index (χ0v) is 17.0. The van der Waals surface area contributed by atoms with Gasteiger partial charge in [0.05, 0.1) is 11.3 Å². The number of nitrogens with zero attached hydrogens (tertiary/aromatic N) is 2. The first-order valence-electron chi connectivity index (χ1n) is 9.33. The Morgan fingerprint density at radius 3 is 2.81 bits per heavy atom. The van der Waals surface area contributed by atoms with Gasteiger partial charge in [-0.05, 0) is 55.2 Å². The molecule has 0 unspecified atom stereocenters. The summed E-state index contributed by atoms with van der Waals surface area (Å²) in [5.41, 5.74) is 5.16. The standard InChI is InChI=1S/C22H23N3OS/c1-12-5-8-17-15(9-12)19(20(26)24-17)25-21-16(11-23)14-7-6-13(22(2,3)4)10-18(14)27-21/h5,8-9,13H,6-7,10H2,1-4H3,(H,24,25,26)/t13-/m1/s1. The van der Waals surface area contributed by atoms with Gasteiger partial charge in [0.1, 0.15) is 16.8 Å². The summed E-state index contributed by atoms with van der Waals surface area (Å²) in [4.78, 5) is 18.4. The first-order chi connectivity index (χ1) is 12.8. The Bertz CT molecular complexity index is 1020. The highest BCUT2D eigenvalue weighted by molar-refractivity contribution is 7.16. The van der Waals surface area contributed by atoms with Gasteiger partial charge in [-0.1, -0.05) is 32.4 Å². The fourth-order valence-electron chi connectivity index (χ4n) is 3.98. The van der Waals surface area contributed by atoms with E-state index in [-0.39, 0.29) is 11.3 Å². The van der Waals surface area contributed by atoms with E-state index in [1.54, 1.807) is 11.3 Å². The van der Waals surface area contributed by atoms with E-state index in [0.29, 0.717) is 22.2 Å². The number of nitriles is 1. The summed E-state index contributed by atoms with van der Waals surface area (Å²) in [6.45, 7) is 8.85. The molecule has 0 bridgehead atoms. The van der Waals surface area contributed by atoms with Gasteiger partial charge < -0.3 is 5.32 Å². The molecular weight excluding hydrogens is 354 g/mol. The van der Waals surface area contributed by atoms with Crippen LogP contribution in [0.25, 0.3) is 0 Å². The van der Waals surface area contributed by atoms with Gasteiger partial charge >= 0.3 is 0 Å². The minimum atomic E-state index is -0.196. The van der Waals surface area contributed by atoms with Crippen molar-refractivity contribution in [1.82, 2.24) is 0 Å². The highest BCUT2D eigenvalue weighted by Crippen LogP contribution is 2.45. The summed E-state index contributed by atoms with van der Waals surface area (Å²) < 4.78 is 0. The molecule has 1 amide bonds. The first kappa shape index (κ1) is 17.9. The topological polar surface area (TPSA) is 65.2 Å². The number of rotatable bonds is 1. The van der Waals surface area contributed by atoms with Crippen molar-refractivity contribution >= 4 is 33.6 Å². The van der Waals surface area contributed by atoms with Crippen LogP contribution in [0.4, 0.5) is 10.7 Å². The van der Waals surface area contributed by atoms with E-state index in [4.69, 9.17) is 0 Å². The predicted octanol–water partition coefficient (Wildman–Crippen LogP) is 5.15. The van der Waals surface area contributed by atoms with Gasteiger partial charge in [0.15, 0.2) is 0 Å². The number of amides is 1. The lowest BCUT2D eigenvalue weighted by atomic mass is 9.72. The van der Waals surface area contributed by atoms with E-state index < -0.39 is 0 Å². The highest BCUT2D eigenvalue weighted by atomic mass is 32.1. The van der Waals surface area contributed by atoms with E-state index >= 15 is 0 Å². The van der Waals surface area contributed by atoms with Gasteiger partial charge in [0, 0.05) is 10.4 Å². The molecule has 0 saturated carbocycles. The third-order valence-electron chi connectivity index (χ3n) is 5.69. The summed E-state index contributed by atoms with van der Waals surface area (Å²) in [5, 5.41) is 13.3. The number of carbonyl (C=O) groups excluding carboxylic acids is 1. The van der Waals surface area contributed by atoms with Crippen LogP contribution in [0.2, 0.25) is 0 Å². The second-order valence-electron chi connectivity index (χ2n) is 8.57. The summed E-state index contributed by atoms with van der Waals surface area (Å²) in [6, 6.07) is 8.20. The molecule has 5 heteroatoms. The van der Waals surface area contributed by atoms with Crippen LogP contribution in [0.3, 0.4) is 0 Å². The zero-order valence-electron chi connectivity index (χ0n) is 16.1. The lowest BCUT2D eigenvalue weighted by Gasteiger charge is -2.33. The van der Waals surface area contributed by atoms with Crippen molar-refractivity contribution < 1.29 is 4.79 Å². The molecule has 1 N–H and O–H groups in total. The van der Waals surface area contributed by atoms with Crippen LogP contribution < -0.4 is 5.32 Å². The van der Waals surface area contributed by atoms with Crippen molar-refractivity contribution in [2.24, 2.45) is 16.3 Å². The molecule has 0 fully saturated rings. The molecule has 4 rings (SSSR count). The lowest BCUT2D eigenvalue weighted by molar-refractivity contribution is -0.110. The number of hydrogen-bond donors (Lipinski definition) is 1. The molecule has 27 heavy (non-hydrogen) atoms. The average Bonchev–Trinajstić information content (AvgIpc) is 3.11. The Morgan fingerprint density at radius 2 is 2.11 bits per heavy atom. The van der Waals surface area contributed by atoms with Crippen molar-refractivity contribution in [2.75, 3.05) is 5.32 Å². The van der Waals surface area contributed by atoms with Crippen LogP contribution in [0.15, 0.2) is 23.2 Å². The van der Waals surface area contributed by atoms with Crippen LogP contribution in [-0.2, 0) is 17.6 Å². The fraction of sp³-hybridized carbons (Fsp3) is 0.409. The van der Waals surface area contributed by atoms with Crippen LogP contribution in [0.5, 0.6) is 0 Å². The maximum Gasteiger partial charge on any atom is 0.275 e. The SMILES string of the molecule is Cc1ccc2c(c1)C(=Nc1sc3c(c1C#N)CC[C@@H](C(C)(C)C)C3)C(=O)N2. The van der Waals surface area contributed by atoms with Gasteiger partial charge in [-0.3, -0.25) is 4.79 Å². The third kappa shape index (κ3) is 3.08. The van der Waals surface area contributed by atoms with Crippen molar-refractivity contribution in [2.45, 2.75) is 47.0 Å². The van der Waals surface area contributed by atoms with Crippen molar-refractivity contribution in [3.63, 3.8) is 0 Å². The highest BCUT2D eigenvalue weighted by Gasteiger charge is 2.33. The molecule has 2 aliphatic rings. The summed E-state index contributed by atoms with van der Waals surface area (Å²) in [6.07, 6.45) is 3.01. The fourth-order valence-corrected chi connectivity index (χ4v) is 5.24. The van der Waals surface area contributed by atoms with E-state index in [1.165, 1.54) is 4.88 Å². The van der Waals surface area contributed by atoms with E-state index in [0.717, 1.165) is 41.6 Å². The molecule has 138 valence electrons. The zero-order chi connectivity index (χ0) is 19.3. The number of fused-ring (bicyclic) bond motifs is 2. The number of hydrogen-bond acceptors (Lipinski definition) is 4. The lowest BCUT2D eigenvalue weighted by Crippen LogP contribution is -2.26. The van der Waals surface area contributed by atoms with Crippen molar-refractivity contribution in [1.29, 1.82) is 5.26 Å². The van der Waals surface area contributed by atoms with Crippen LogP contribution in [0.1, 0.15) is 54.3 Å². The van der Waals surface area contributed by atoms with Crippen molar-refractivity contribution in [3.05, 3.63) is 45.3 Å². The maximum atomic E-state index is 12.5. The number of carbonyl (C=O) groups is 1. The first-order valence-corrected chi connectivity index (χ1v) is 10.2. The Balaban J connectivity index is 1.78. The molecule has 1 aromatic carbocycles. The van der Waals surface area contributed by atoms with E-state index in [9.17, 15) is 10.1 Å². The smallest absolute Gasteiger partial charge is 0.275 e. The predicted molar refractivity (Wildman–Crippen MR) is 110 cm³/mol. The van der Waals surface area contributed by atoms with Gasteiger partial charge in [-0.2, -0.15) is 5.26 Å². The normalized spacial score (nSPS) is 20.2. The molecule has 0 spiro atoms. The van der Waals surface area contributed by atoms with Gasteiger partial charge in [-0.25, -0.2) is 4.99 Å². The van der Waals surface area contributed by atoms with Crippen LogP contribution >= 0.6 is 11.3 Å². The number of aryl methyl sites for hydroxylation is 1. The Labute approximate surface area is 163 Å². The molecule has 0 saturated heterocycles. The summed E-state index contributed by atoms with van der Waals surface area (Å²) >= 11 is 1.58. The molecule has 4 nitrogen and oxygen atoms in total. The van der Waals surface area contributed by atoms with Gasteiger partial charge in [-0.15, -0.1) is 11.3 Å². The number of benzene rings is 1. The second-order valence-corrected chi connectivity index (χ2v) is 9.65. The number of aliphatic imine (C=N–C) groups is 1. The minimum absolute atomic E-state index is 0.196. The third-order valence-corrected chi connectivity index (χ3v) is 6.84. The molecule has 1 aromatic heterocycles. The van der Waals surface area contributed by atoms with Crippen LogP contribution in [-0.4, -0.2) is 11.6 Å². The molecule has 1 atom stereocenters. The summed E-state index contributed by atoms with van der Waals surface area (Å²) in [7, 11) is 0. The quantitative estimate of drug-likeness (QED) is 0.747. The van der Waals surface area contributed by atoms with Crippen LogP contribution in [0, 0.1) is 29.6 Å². The molecule has 2 aromatic rings. The molecule has 1 aliphatic heterocycles. The number of thiophene rings is 1. The average molecular weight is 378 g/mol. The second kappa shape index (κ2) is 6.31. The molecular formula is C22H23N3OS. The molecule has 1 aliphatic carbocycles. The minimum Gasteiger partial charge on any atom is -0.320 e.